The Labute approximate surface area is 48.5 Å². The van der Waals surface area contributed by atoms with Gasteiger partial charge in [-0.15, -0.1) is 0 Å². The minimum atomic E-state index is -0.875. The van der Waals surface area contributed by atoms with E-state index in [2.05, 4.69) is 0 Å². The van der Waals surface area contributed by atoms with Crippen LogP contribution in [0.25, 0.3) is 0 Å². The van der Waals surface area contributed by atoms with Gasteiger partial charge >= 0.3 is 0 Å². The van der Waals surface area contributed by atoms with E-state index in [1.54, 1.807) is 0 Å². The quantitative estimate of drug-likeness (QED) is 0.539. The van der Waals surface area contributed by atoms with Crippen LogP contribution in [0.15, 0.2) is 0 Å². The van der Waals surface area contributed by atoms with Crippen LogP contribution in [0.5, 0.6) is 0 Å². The third kappa shape index (κ3) is 1.50. The van der Waals surface area contributed by atoms with Crippen molar-refractivity contribution in [2.45, 2.75) is 13.8 Å². The molecule has 3 heteroatoms. The molecule has 0 saturated carbocycles. The first-order chi connectivity index (χ1) is 3.50. The molecule has 47 valence electrons. The van der Waals surface area contributed by atoms with E-state index in [9.17, 15) is 9.90 Å². The fourth-order valence-electron chi connectivity index (χ4n) is 0.0711. The van der Waals surface area contributed by atoms with Crippen molar-refractivity contribution in [3.8, 4) is 0 Å². The highest BCUT2D eigenvalue weighted by Crippen LogP contribution is 2.11. The first kappa shape index (κ1) is 7.43. The van der Waals surface area contributed by atoms with Crippen LogP contribution < -0.4 is 5.73 Å². The fraction of sp³-hybridized carbons (Fsp3) is 0.800. The van der Waals surface area contributed by atoms with E-state index in [1.165, 1.54) is 13.8 Å². The van der Waals surface area contributed by atoms with Gasteiger partial charge in [-0.1, -0.05) is 0 Å². The van der Waals surface area contributed by atoms with Crippen molar-refractivity contribution < 1.29 is 9.90 Å². The van der Waals surface area contributed by atoms with Crippen molar-refractivity contribution in [1.82, 2.24) is 0 Å². The van der Waals surface area contributed by atoms with E-state index >= 15 is 0 Å². The molecule has 1 radical (unpaired) electrons. The van der Waals surface area contributed by atoms with Gasteiger partial charge in [-0.05, 0) is 13.8 Å². The second-order valence-corrected chi connectivity index (χ2v) is 2.39. The number of carbonyl (C=O) groups excluding carboxylic acids is 1. The Morgan fingerprint density at radius 1 is 1.62 bits per heavy atom. The van der Waals surface area contributed by atoms with Gasteiger partial charge in [0.15, 0.2) is 0 Å². The molecule has 0 aliphatic carbocycles. The summed E-state index contributed by atoms with van der Waals surface area (Å²) in [5.74, 6) is -0.535. The summed E-state index contributed by atoms with van der Waals surface area (Å²) in [7, 11) is 0. The average molecular weight is 116 g/mol. The van der Waals surface area contributed by atoms with Crippen molar-refractivity contribution in [2.75, 3.05) is 6.61 Å². The molecule has 0 aromatic carbocycles. The highest BCUT2D eigenvalue weighted by molar-refractivity contribution is 5.79. The van der Waals surface area contributed by atoms with Crippen LogP contribution in [0, 0.1) is 5.41 Å². The Morgan fingerprint density at radius 2 is 2.00 bits per heavy atom. The normalized spacial score (nSPS) is 11.4. The second kappa shape index (κ2) is 2.13. The molecule has 0 bridgehead atoms. The van der Waals surface area contributed by atoms with Crippen molar-refractivity contribution >= 4 is 5.91 Å². The third-order valence-corrected chi connectivity index (χ3v) is 1.03. The Morgan fingerprint density at radius 3 is 2.00 bits per heavy atom. The largest absolute Gasteiger partial charge is 0.369 e. The van der Waals surface area contributed by atoms with Gasteiger partial charge < -0.3 is 5.73 Å². The Balaban J connectivity index is 3.91. The van der Waals surface area contributed by atoms with Crippen molar-refractivity contribution in [3.63, 3.8) is 0 Å². The summed E-state index contributed by atoms with van der Waals surface area (Å²) in [6.07, 6.45) is 0. The molecule has 1 amide bonds. The molecule has 0 atom stereocenters. The number of hydrogen-bond donors (Lipinski definition) is 1. The predicted molar refractivity (Wildman–Crippen MR) is 28.5 cm³/mol. The predicted octanol–water partition coefficient (Wildman–Crippen LogP) is -0.0716. The lowest BCUT2D eigenvalue weighted by molar-refractivity contribution is -0.128. The Bertz CT molecular complexity index is 98.6. The lowest BCUT2D eigenvalue weighted by atomic mass is 9.94. The van der Waals surface area contributed by atoms with Crippen LogP contribution in [0.3, 0.4) is 0 Å². The maximum absolute atomic E-state index is 10.3. The topological polar surface area (TPSA) is 63.0 Å². The summed E-state index contributed by atoms with van der Waals surface area (Å²) in [6, 6.07) is 0. The van der Waals surface area contributed by atoms with Gasteiger partial charge in [-0.2, -0.15) is 0 Å². The Hall–Kier alpha value is -0.570. The lowest BCUT2D eigenvalue weighted by Gasteiger charge is -2.13. The summed E-state index contributed by atoms with van der Waals surface area (Å²) in [5, 5.41) is 10.1. The number of rotatable bonds is 2. The highest BCUT2D eigenvalue weighted by atomic mass is 16.3. The number of hydrogen-bond acceptors (Lipinski definition) is 1. The van der Waals surface area contributed by atoms with Gasteiger partial charge in [0.05, 0.1) is 12.0 Å². The van der Waals surface area contributed by atoms with Crippen LogP contribution in [0.2, 0.25) is 0 Å². The van der Waals surface area contributed by atoms with Gasteiger partial charge in [-0.25, -0.2) is 5.11 Å². The third-order valence-electron chi connectivity index (χ3n) is 1.03. The zero-order chi connectivity index (χ0) is 6.78. The zero-order valence-electron chi connectivity index (χ0n) is 5.10. The van der Waals surface area contributed by atoms with Gasteiger partial charge in [0.1, 0.15) is 0 Å². The summed E-state index contributed by atoms with van der Waals surface area (Å²) < 4.78 is 0. The molecule has 0 aromatic heterocycles. The molecule has 0 aliphatic rings. The number of nitrogens with two attached hydrogens (primary N) is 1. The molecule has 2 N–H and O–H groups in total. The summed E-state index contributed by atoms with van der Waals surface area (Å²) in [5.41, 5.74) is 3.97. The van der Waals surface area contributed by atoms with Crippen LogP contribution in [0.1, 0.15) is 13.8 Å². The monoisotopic (exact) mass is 116 g/mol. The lowest BCUT2D eigenvalue weighted by Crippen LogP contribution is -2.33. The first-order valence-electron chi connectivity index (χ1n) is 2.39. The molecule has 0 aromatic rings. The van der Waals surface area contributed by atoms with Crippen LogP contribution in [0.4, 0.5) is 0 Å². The first-order valence-corrected chi connectivity index (χ1v) is 2.39. The minimum absolute atomic E-state index is 0.442. The maximum Gasteiger partial charge on any atom is 0.225 e. The number of amides is 1. The van der Waals surface area contributed by atoms with E-state index in [1.807, 2.05) is 0 Å². The van der Waals surface area contributed by atoms with E-state index in [4.69, 9.17) is 5.73 Å². The van der Waals surface area contributed by atoms with Gasteiger partial charge in [0, 0.05) is 0 Å². The molecule has 0 spiro atoms. The second-order valence-electron chi connectivity index (χ2n) is 2.39. The molecule has 0 unspecified atom stereocenters. The van der Waals surface area contributed by atoms with E-state index in [0.717, 1.165) is 0 Å². The summed E-state index contributed by atoms with van der Waals surface area (Å²) >= 11 is 0. The van der Waals surface area contributed by atoms with Crippen LogP contribution in [-0.4, -0.2) is 12.5 Å². The minimum Gasteiger partial charge on any atom is -0.369 e. The summed E-state index contributed by atoms with van der Waals surface area (Å²) in [6.45, 7) is 2.62. The Kier molecular flexibility index (Phi) is 1.98. The van der Waals surface area contributed by atoms with E-state index in [-0.39, 0.29) is 0 Å². The van der Waals surface area contributed by atoms with Gasteiger partial charge in [0.2, 0.25) is 5.91 Å². The van der Waals surface area contributed by atoms with E-state index in [0.29, 0.717) is 0 Å². The van der Waals surface area contributed by atoms with Crippen molar-refractivity contribution in [1.29, 1.82) is 0 Å². The highest BCUT2D eigenvalue weighted by Gasteiger charge is 2.23. The molecule has 0 fully saturated rings. The molecular weight excluding hydrogens is 106 g/mol. The molecule has 0 saturated heterocycles. The van der Waals surface area contributed by atoms with Crippen LogP contribution in [-0.2, 0) is 9.90 Å². The maximum atomic E-state index is 10.3. The molecular formula is C5H10NO2. The SMILES string of the molecule is CC(C)(C[O])C(N)=O. The molecule has 0 rings (SSSR count). The van der Waals surface area contributed by atoms with Crippen LogP contribution >= 0.6 is 0 Å². The standard InChI is InChI=1S/C5H10NO2/c1-5(2,3-7)4(6)8/h3H2,1-2H3,(H2,6,8). The summed E-state index contributed by atoms with van der Waals surface area (Å²) in [4.78, 5) is 10.3. The molecule has 0 aliphatic heterocycles. The van der Waals surface area contributed by atoms with Crippen molar-refractivity contribution in [3.05, 3.63) is 0 Å². The van der Waals surface area contributed by atoms with Gasteiger partial charge in [0.25, 0.3) is 0 Å². The smallest absolute Gasteiger partial charge is 0.225 e. The molecule has 8 heavy (non-hydrogen) atoms. The average Bonchev–Trinajstić information content (AvgIpc) is 1.67. The van der Waals surface area contributed by atoms with Crippen molar-refractivity contribution in [2.24, 2.45) is 11.1 Å². The number of carbonyl (C=O) groups is 1. The molecule has 0 heterocycles. The number of primary amides is 1. The molecule has 3 nitrogen and oxygen atoms in total. The van der Waals surface area contributed by atoms with Gasteiger partial charge in [-0.3, -0.25) is 4.79 Å². The fourth-order valence-corrected chi connectivity index (χ4v) is 0.0711. The zero-order valence-corrected chi connectivity index (χ0v) is 5.10. The van der Waals surface area contributed by atoms with E-state index < -0.39 is 17.9 Å².